The third-order valence-corrected chi connectivity index (χ3v) is 6.32. The SMILES string of the molecule is CCC1CC(n2c(=O)nc(-c3cnn(C)c3)c3oc4cc(F)c(Br)cc4c32)CCO1. The number of benzene rings is 1. The van der Waals surface area contributed by atoms with Crippen molar-refractivity contribution in [3.05, 3.63) is 45.3 Å². The van der Waals surface area contributed by atoms with Gasteiger partial charge in [0.05, 0.1) is 16.8 Å². The van der Waals surface area contributed by atoms with Gasteiger partial charge in [0.15, 0.2) is 5.58 Å². The standard InChI is InChI=1S/C21H20BrFN4O3/c1-3-13-6-12(4-5-29-13)27-19-14-7-15(22)16(23)8-17(14)30-20(19)18(25-21(27)28)11-9-24-26(2)10-11/h7-10,12-13H,3-6H2,1-2H3. The molecule has 156 valence electrons. The van der Waals surface area contributed by atoms with Gasteiger partial charge in [0.1, 0.15) is 22.6 Å². The average Bonchev–Trinajstić information content (AvgIpc) is 3.32. The van der Waals surface area contributed by atoms with E-state index in [0.29, 0.717) is 57.2 Å². The Bertz CT molecular complexity index is 1330. The summed E-state index contributed by atoms with van der Waals surface area (Å²) in [6, 6.07) is 2.93. The van der Waals surface area contributed by atoms with Crippen LogP contribution in [0.1, 0.15) is 32.2 Å². The lowest BCUT2D eigenvalue weighted by molar-refractivity contribution is -0.00709. The smallest absolute Gasteiger partial charge is 0.349 e. The van der Waals surface area contributed by atoms with Gasteiger partial charge in [-0.25, -0.2) is 9.18 Å². The zero-order chi connectivity index (χ0) is 21.0. The molecule has 0 amide bonds. The highest BCUT2D eigenvalue weighted by Crippen LogP contribution is 2.38. The van der Waals surface area contributed by atoms with Crippen LogP contribution in [0.15, 0.2) is 38.2 Å². The number of aromatic nitrogens is 4. The molecule has 4 heterocycles. The molecule has 0 radical (unpaired) electrons. The number of furan rings is 1. The molecule has 2 atom stereocenters. The first kappa shape index (κ1) is 19.4. The Hall–Kier alpha value is -2.52. The second-order valence-corrected chi connectivity index (χ2v) is 8.49. The van der Waals surface area contributed by atoms with Crippen LogP contribution in [0.2, 0.25) is 0 Å². The van der Waals surface area contributed by atoms with E-state index in [2.05, 4.69) is 32.9 Å². The molecular weight excluding hydrogens is 455 g/mol. The number of fused-ring (bicyclic) bond motifs is 3. The minimum absolute atomic E-state index is 0.0706. The number of hydrogen-bond donors (Lipinski definition) is 0. The lowest BCUT2D eigenvalue weighted by Crippen LogP contribution is -2.34. The van der Waals surface area contributed by atoms with Crippen molar-refractivity contribution in [2.24, 2.45) is 7.05 Å². The predicted molar refractivity (Wildman–Crippen MR) is 114 cm³/mol. The van der Waals surface area contributed by atoms with Crippen molar-refractivity contribution in [2.75, 3.05) is 6.61 Å². The first-order chi connectivity index (χ1) is 14.5. The summed E-state index contributed by atoms with van der Waals surface area (Å²) < 4.78 is 29.7. The summed E-state index contributed by atoms with van der Waals surface area (Å²) in [5.41, 5.74) is 2.18. The maximum atomic E-state index is 14.2. The molecule has 1 aromatic carbocycles. The van der Waals surface area contributed by atoms with E-state index < -0.39 is 5.82 Å². The van der Waals surface area contributed by atoms with E-state index in [1.807, 2.05) is 0 Å². The van der Waals surface area contributed by atoms with Gasteiger partial charge in [-0.3, -0.25) is 9.25 Å². The second-order valence-electron chi connectivity index (χ2n) is 7.64. The molecule has 5 rings (SSSR count). The summed E-state index contributed by atoms with van der Waals surface area (Å²) in [6.07, 6.45) is 5.79. The fourth-order valence-corrected chi connectivity index (χ4v) is 4.57. The molecular formula is C21H20BrFN4O3. The topological polar surface area (TPSA) is 75.1 Å². The monoisotopic (exact) mass is 474 g/mol. The van der Waals surface area contributed by atoms with Crippen molar-refractivity contribution in [3.8, 4) is 11.3 Å². The van der Waals surface area contributed by atoms with E-state index in [0.717, 1.165) is 6.42 Å². The van der Waals surface area contributed by atoms with Gasteiger partial charge in [0.2, 0.25) is 0 Å². The van der Waals surface area contributed by atoms with Crippen molar-refractivity contribution in [1.29, 1.82) is 0 Å². The molecule has 4 aromatic rings. The predicted octanol–water partition coefficient (Wildman–Crippen LogP) is 4.57. The minimum Gasteiger partial charge on any atom is -0.452 e. The van der Waals surface area contributed by atoms with Gasteiger partial charge in [-0.2, -0.15) is 10.1 Å². The number of ether oxygens (including phenoxy) is 1. The number of aryl methyl sites for hydroxylation is 1. The first-order valence-corrected chi connectivity index (χ1v) is 10.7. The van der Waals surface area contributed by atoms with Crippen LogP contribution in [0, 0.1) is 5.82 Å². The van der Waals surface area contributed by atoms with Gasteiger partial charge in [0, 0.05) is 42.9 Å². The van der Waals surface area contributed by atoms with Crippen LogP contribution in [0.5, 0.6) is 0 Å². The molecule has 30 heavy (non-hydrogen) atoms. The highest BCUT2D eigenvalue weighted by atomic mass is 79.9. The van der Waals surface area contributed by atoms with E-state index in [-0.39, 0.29) is 17.8 Å². The van der Waals surface area contributed by atoms with Gasteiger partial charge in [-0.05, 0) is 41.3 Å². The van der Waals surface area contributed by atoms with Crippen molar-refractivity contribution < 1.29 is 13.5 Å². The van der Waals surface area contributed by atoms with Crippen LogP contribution in [-0.2, 0) is 11.8 Å². The fourth-order valence-electron chi connectivity index (χ4n) is 4.23. The second kappa shape index (κ2) is 7.31. The summed E-state index contributed by atoms with van der Waals surface area (Å²) in [6.45, 7) is 2.65. The summed E-state index contributed by atoms with van der Waals surface area (Å²) in [7, 11) is 1.79. The molecule has 9 heteroatoms. The Morgan fingerprint density at radius 2 is 2.20 bits per heavy atom. The maximum absolute atomic E-state index is 14.2. The van der Waals surface area contributed by atoms with Crippen LogP contribution < -0.4 is 5.69 Å². The zero-order valence-electron chi connectivity index (χ0n) is 16.6. The molecule has 7 nitrogen and oxygen atoms in total. The summed E-state index contributed by atoms with van der Waals surface area (Å²) in [5.74, 6) is -0.427. The molecule has 0 saturated carbocycles. The summed E-state index contributed by atoms with van der Waals surface area (Å²) >= 11 is 3.26. The molecule has 1 aliphatic heterocycles. The van der Waals surface area contributed by atoms with Crippen LogP contribution >= 0.6 is 15.9 Å². The fraction of sp³-hybridized carbons (Fsp3) is 0.381. The number of halogens is 2. The molecule has 0 spiro atoms. The van der Waals surface area contributed by atoms with E-state index >= 15 is 0 Å². The summed E-state index contributed by atoms with van der Waals surface area (Å²) in [5, 5.41) is 4.86. The number of nitrogens with zero attached hydrogens (tertiary/aromatic N) is 4. The van der Waals surface area contributed by atoms with E-state index in [4.69, 9.17) is 9.15 Å². The molecule has 3 aromatic heterocycles. The summed E-state index contributed by atoms with van der Waals surface area (Å²) in [4.78, 5) is 17.6. The van der Waals surface area contributed by atoms with Crippen LogP contribution in [0.4, 0.5) is 4.39 Å². The van der Waals surface area contributed by atoms with Crippen molar-refractivity contribution in [1.82, 2.24) is 19.3 Å². The molecule has 1 fully saturated rings. The number of rotatable bonds is 3. The first-order valence-electron chi connectivity index (χ1n) is 9.90. The Balaban J connectivity index is 1.85. The van der Waals surface area contributed by atoms with Crippen molar-refractivity contribution in [3.63, 3.8) is 0 Å². The molecule has 1 aliphatic rings. The van der Waals surface area contributed by atoms with E-state index in [1.54, 1.807) is 34.8 Å². The van der Waals surface area contributed by atoms with Gasteiger partial charge >= 0.3 is 5.69 Å². The quantitative estimate of drug-likeness (QED) is 0.434. The van der Waals surface area contributed by atoms with Gasteiger partial charge in [0.25, 0.3) is 0 Å². The van der Waals surface area contributed by atoms with Crippen molar-refractivity contribution >= 4 is 38.0 Å². The van der Waals surface area contributed by atoms with E-state index in [1.165, 1.54) is 6.07 Å². The molecule has 2 unspecified atom stereocenters. The lowest BCUT2D eigenvalue weighted by Gasteiger charge is -2.30. The third-order valence-electron chi connectivity index (χ3n) is 5.71. The maximum Gasteiger partial charge on any atom is 0.349 e. The highest BCUT2D eigenvalue weighted by Gasteiger charge is 2.29. The van der Waals surface area contributed by atoms with Crippen LogP contribution in [-0.4, -0.2) is 32.0 Å². The van der Waals surface area contributed by atoms with Crippen LogP contribution in [0.25, 0.3) is 33.3 Å². The minimum atomic E-state index is -0.427. The Labute approximate surface area is 179 Å². The molecule has 0 N–H and O–H groups in total. The Morgan fingerprint density at radius 3 is 2.93 bits per heavy atom. The van der Waals surface area contributed by atoms with Gasteiger partial charge < -0.3 is 9.15 Å². The normalized spacial score (nSPS) is 19.7. The molecule has 0 aliphatic carbocycles. The van der Waals surface area contributed by atoms with Gasteiger partial charge in [-0.1, -0.05) is 6.92 Å². The van der Waals surface area contributed by atoms with Crippen LogP contribution in [0.3, 0.4) is 0 Å². The largest absolute Gasteiger partial charge is 0.452 e. The van der Waals surface area contributed by atoms with E-state index in [9.17, 15) is 9.18 Å². The lowest BCUT2D eigenvalue weighted by atomic mass is 10.0. The Kier molecular flexibility index (Phi) is 4.74. The molecule has 0 bridgehead atoms. The van der Waals surface area contributed by atoms with Crippen molar-refractivity contribution in [2.45, 2.75) is 38.3 Å². The zero-order valence-corrected chi connectivity index (χ0v) is 18.1. The Morgan fingerprint density at radius 1 is 1.37 bits per heavy atom. The third kappa shape index (κ3) is 3.07. The number of hydrogen-bond acceptors (Lipinski definition) is 5. The average molecular weight is 475 g/mol. The molecule has 1 saturated heterocycles. The highest BCUT2D eigenvalue weighted by molar-refractivity contribution is 9.10. The van der Waals surface area contributed by atoms with Gasteiger partial charge in [-0.15, -0.1) is 0 Å².